The summed E-state index contributed by atoms with van der Waals surface area (Å²) in [6.45, 7) is 5.10. The normalized spacial score (nSPS) is 19.5. The number of ether oxygens (including phenoxy) is 1. The lowest BCUT2D eigenvalue weighted by atomic mass is 10.1. The molecule has 0 aliphatic carbocycles. The van der Waals surface area contributed by atoms with Crippen LogP contribution in [0.3, 0.4) is 0 Å². The van der Waals surface area contributed by atoms with E-state index in [1.165, 1.54) is 0 Å². The zero-order chi connectivity index (χ0) is 12.3. The molecular weight excluding hydrogens is 216 g/mol. The summed E-state index contributed by atoms with van der Waals surface area (Å²) < 4.78 is 4.99. The predicted molar refractivity (Wildman–Crippen MR) is 64.5 cm³/mol. The Bertz CT molecular complexity index is 414. The molecule has 1 atom stereocenters. The van der Waals surface area contributed by atoms with E-state index in [0.717, 1.165) is 12.1 Å². The van der Waals surface area contributed by atoms with Crippen molar-refractivity contribution in [3.8, 4) is 5.88 Å². The van der Waals surface area contributed by atoms with Gasteiger partial charge in [-0.05, 0) is 5.56 Å². The third-order valence-electron chi connectivity index (χ3n) is 2.96. The standard InChI is InChI=1S/C13H16N2O2/c1-3-10-6-13(16)15(8-10)9-11-4-5-12(17-2)14-7-11/h3-5,7,10H,1,6,8-9H2,2H3. The molecule has 1 saturated heterocycles. The molecule has 0 spiro atoms. The van der Waals surface area contributed by atoms with Crippen LogP contribution in [0.15, 0.2) is 31.0 Å². The van der Waals surface area contributed by atoms with E-state index in [2.05, 4.69) is 11.6 Å². The largest absolute Gasteiger partial charge is 0.481 e. The molecule has 90 valence electrons. The number of carbonyl (C=O) groups is 1. The Hall–Kier alpha value is -1.84. The van der Waals surface area contributed by atoms with E-state index >= 15 is 0 Å². The maximum atomic E-state index is 11.7. The lowest BCUT2D eigenvalue weighted by Gasteiger charge is -2.15. The second-order valence-corrected chi connectivity index (χ2v) is 4.18. The van der Waals surface area contributed by atoms with Gasteiger partial charge in [0.05, 0.1) is 7.11 Å². The molecule has 0 saturated carbocycles. The molecule has 2 heterocycles. The first-order chi connectivity index (χ1) is 8.22. The molecule has 0 N–H and O–H groups in total. The number of methoxy groups -OCH3 is 1. The number of likely N-dealkylation sites (tertiary alicyclic amines) is 1. The van der Waals surface area contributed by atoms with E-state index in [-0.39, 0.29) is 11.8 Å². The van der Waals surface area contributed by atoms with Gasteiger partial charge in [-0.1, -0.05) is 12.1 Å². The molecule has 0 radical (unpaired) electrons. The summed E-state index contributed by atoms with van der Waals surface area (Å²) in [6, 6.07) is 3.74. The van der Waals surface area contributed by atoms with Gasteiger partial charge in [0.2, 0.25) is 11.8 Å². The van der Waals surface area contributed by atoms with Crippen molar-refractivity contribution < 1.29 is 9.53 Å². The fourth-order valence-electron chi connectivity index (χ4n) is 1.96. The predicted octanol–water partition coefficient (Wildman–Crippen LogP) is 1.62. The molecule has 1 aliphatic rings. The van der Waals surface area contributed by atoms with Crippen LogP contribution in [0.5, 0.6) is 5.88 Å². The van der Waals surface area contributed by atoms with Gasteiger partial charge in [-0.15, -0.1) is 6.58 Å². The summed E-state index contributed by atoms with van der Waals surface area (Å²) in [5.41, 5.74) is 1.02. The van der Waals surface area contributed by atoms with Gasteiger partial charge >= 0.3 is 0 Å². The summed E-state index contributed by atoms with van der Waals surface area (Å²) in [5, 5.41) is 0. The van der Waals surface area contributed by atoms with Crippen molar-refractivity contribution in [1.29, 1.82) is 0 Å². The molecule has 1 aliphatic heterocycles. The molecular formula is C13H16N2O2. The lowest BCUT2D eigenvalue weighted by Crippen LogP contribution is -2.24. The Balaban J connectivity index is 2.00. The first kappa shape index (κ1) is 11.6. The third-order valence-corrected chi connectivity index (χ3v) is 2.96. The highest BCUT2D eigenvalue weighted by molar-refractivity contribution is 5.78. The zero-order valence-corrected chi connectivity index (χ0v) is 9.93. The average Bonchev–Trinajstić information content (AvgIpc) is 2.71. The summed E-state index contributed by atoms with van der Waals surface area (Å²) in [6.07, 6.45) is 4.17. The van der Waals surface area contributed by atoms with Crippen LogP contribution in [0, 0.1) is 5.92 Å². The topological polar surface area (TPSA) is 42.4 Å². The van der Waals surface area contributed by atoms with E-state index < -0.39 is 0 Å². The molecule has 1 aromatic rings. The maximum Gasteiger partial charge on any atom is 0.223 e. The van der Waals surface area contributed by atoms with Gasteiger partial charge < -0.3 is 9.64 Å². The Morgan fingerprint density at radius 2 is 2.47 bits per heavy atom. The fraction of sp³-hybridized carbons (Fsp3) is 0.385. The van der Waals surface area contributed by atoms with Gasteiger partial charge in [-0.25, -0.2) is 4.98 Å². The van der Waals surface area contributed by atoms with Crippen molar-refractivity contribution in [2.45, 2.75) is 13.0 Å². The van der Waals surface area contributed by atoms with E-state index in [1.54, 1.807) is 19.4 Å². The SMILES string of the molecule is C=CC1CC(=O)N(Cc2ccc(OC)nc2)C1. The Labute approximate surface area is 101 Å². The second-order valence-electron chi connectivity index (χ2n) is 4.18. The van der Waals surface area contributed by atoms with Gasteiger partial charge in [0.1, 0.15) is 0 Å². The van der Waals surface area contributed by atoms with E-state index in [1.807, 2.05) is 17.0 Å². The van der Waals surface area contributed by atoms with Crippen LogP contribution in [-0.4, -0.2) is 29.4 Å². The average molecular weight is 232 g/mol. The number of pyridine rings is 1. The smallest absolute Gasteiger partial charge is 0.223 e. The zero-order valence-electron chi connectivity index (χ0n) is 9.93. The van der Waals surface area contributed by atoms with Crippen molar-refractivity contribution in [2.24, 2.45) is 5.92 Å². The first-order valence-corrected chi connectivity index (χ1v) is 5.62. The molecule has 1 unspecified atom stereocenters. The van der Waals surface area contributed by atoms with E-state index in [0.29, 0.717) is 18.8 Å². The van der Waals surface area contributed by atoms with Crippen LogP contribution in [-0.2, 0) is 11.3 Å². The minimum Gasteiger partial charge on any atom is -0.481 e. The second kappa shape index (κ2) is 4.99. The molecule has 2 rings (SSSR count). The van der Waals surface area contributed by atoms with Gasteiger partial charge in [0.15, 0.2) is 0 Å². The van der Waals surface area contributed by atoms with Crippen molar-refractivity contribution in [3.05, 3.63) is 36.5 Å². The molecule has 0 aromatic carbocycles. The van der Waals surface area contributed by atoms with Gasteiger partial charge in [-0.3, -0.25) is 4.79 Å². The lowest BCUT2D eigenvalue weighted by molar-refractivity contribution is -0.128. The summed E-state index contributed by atoms with van der Waals surface area (Å²) in [4.78, 5) is 17.7. The molecule has 0 bridgehead atoms. The van der Waals surface area contributed by atoms with Gasteiger partial charge in [0, 0.05) is 37.7 Å². The summed E-state index contributed by atoms with van der Waals surface area (Å²) in [7, 11) is 1.58. The van der Waals surface area contributed by atoms with E-state index in [4.69, 9.17) is 4.74 Å². The van der Waals surface area contributed by atoms with Gasteiger partial charge in [0.25, 0.3) is 0 Å². The Morgan fingerprint density at radius 3 is 3.00 bits per heavy atom. The Kier molecular flexibility index (Phi) is 3.42. The van der Waals surface area contributed by atoms with Crippen LogP contribution in [0.1, 0.15) is 12.0 Å². The number of nitrogens with zero attached hydrogens (tertiary/aromatic N) is 2. The molecule has 1 aromatic heterocycles. The molecule has 17 heavy (non-hydrogen) atoms. The van der Waals surface area contributed by atoms with Crippen molar-refractivity contribution in [3.63, 3.8) is 0 Å². The first-order valence-electron chi connectivity index (χ1n) is 5.62. The quantitative estimate of drug-likeness (QED) is 0.741. The number of hydrogen-bond donors (Lipinski definition) is 0. The van der Waals surface area contributed by atoms with Crippen LogP contribution < -0.4 is 4.74 Å². The molecule has 1 fully saturated rings. The van der Waals surface area contributed by atoms with Crippen LogP contribution in [0.25, 0.3) is 0 Å². The minimum atomic E-state index is 0.186. The van der Waals surface area contributed by atoms with Crippen LogP contribution in [0.4, 0.5) is 0 Å². The third kappa shape index (κ3) is 2.64. The fourth-order valence-corrected chi connectivity index (χ4v) is 1.96. The number of carbonyl (C=O) groups excluding carboxylic acids is 1. The summed E-state index contributed by atoms with van der Waals surface area (Å²) in [5.74, 6) is 1.06. The number of hydrogen-bond acceptors (Lipinski definition) is 3. The molecule has 4 nitrogen and oxygen atoms in total. The molecule has 4 heteroatoms. The highest BCUT2D eigenvalue weighted by Crippen LogP contribution is 2.20. The highest BCUT2D eigenvalue weighted by Gasteiger charge is 2.27. The highest BCUT2D eigenvalue weighted by atomic mass is 16.5. The van der Waals surface area contributed by atoms with Crippen molar-refractivity contribution >= 4 is 5.91 Å². The summed E-state index contributed by atoms with van der Waals surface area (Å²) >= 11 is 0. The molecule has 1 amide bonds. The number of amides is 1. The van der Waals surface area contributed by atoms with Crippen LogP contribution in [0.2, 0.25) is 0 Å². The maximum absolute atomic E-state index is 11.7. The van der Waals surface area contributed by atoms with Crippen molar-refractivity contribution in [2.75, 3.05) is 13.7 Å². The van der Waals surface area contributed by atoms with Gasteiger partial charge in [-0.2, -0.15) is 0 Å². The minimum absolute atomic E-state index is 0.186. The van der Waals surface area contributed by atoms with E-state index in [9.17, 15) is 4.79 Å². The van der Waals surface area contributed by atoms with Crippen molar-refractivity contribution in [1.82, 2.24) is 9.88 Å². The number of aromatic nitrogens is 1. The number of rotatable bonds is 4. The van der Waals surface area contributed by atoms with Crippen LogP contribution >= 0.6 is 0 Å². The Morgan fingerprint density at radius 1 is 1.65 bits per heavy atom. The monoisotopic (exact) mass is 232 g/mol.